The summed E-state index contributed by atoms with van der Waals surface area (Å²) in [6.07, 6.45) is 17.8. The summed E-state index contributed by atoms with van der Waals surface area (Å²) < 4.78 is 5.89. The van der Waals surface area contributed by atoms with E-state index in [0.717, 1.165) is 31.1 Å². The van der Waals surface area contributed by atoms with E-state index in [4.69, 9.17) is 4.74 Å². The van der Waals surface area contributed by atoms with Gasteiger partial charge in [-0.05, 0) is 55.2 Å². The lowest BCUT2D eigenvalue weighted by atomic mass is 9.73. The van der Waals surface area contributed by atoms with E-state index in [1.807, 2.05) is 0 Å². The Morgan fingerprint density at radius 1 is 0.897 bits per heavy atom. The summed E-state index contributed by atoms with van der Waals surface area (Å²) in [5, 5.41) is 9.75. The van der Waals surface area contributed by atoms with Gasteiger partial charge in [0.1, 0.15) is 5.75 Å². The van der Waals surface area contributed by atoms with Gasteiger partial charge in [-0.1, -0.05) is 90.2 Å². The Labute approximate surface area is 180 Å². The van der Waals surface area contributed by atoms with Gasteiger partial charge < -0.3 is 4.74 Å². The molecule has 0 saturated heterocycles. The average molecular weight is 398 g/mol. The first-order valence-electron chi connectivity index (χ1n) is 12.4. The quantitative estimate of drug-likeness (QED) is 0.297. The topological polar surface area (TPSA) is 33.0 Å². The Morgan fingerprint density at radius 3 is 2.21 bits per heavy atom. The molecule has 0 radical (unpaired) electrons. The molecule has 0 amide bonds. The highest BCUT2D eigenvalue weighted by Gasteiger charge is 2.27. The van der Waals surface area contributed by atoms with Crippen molar-refractivity contribution in [2.45, 2.75) is 104 Å². The third-order valence-corrected chi connectivity index (χ3v) is 6.74. The van der Waals surface area contributed by atoms with Gasteiger partial charge in [0, 0.05) is 0 Å². The van der Waals surface area contributed by atoms with Gasteiger partial charge in [0.25, 0.3) is 0 Å². The molecule has 0 aromatic heterocycles. The van der Waals surface area contributed by atoms with Crippen molar-refractivity contribution in [3.8, 4) is 11.8 Å². The molecule has 1 atom stereocenters. The molecule has 0 aliphatic heterocycles. The number of rotatable bonds is 14. The van der Waals surface area contributed by atoms with Gasteiger partial charge in [-0.15, -0.1) is 0 Å². The highest BCUT2D eigenvalue weighted by Crippen LogP contribution is 2.36. The zero-order chi connectivity index (χ0) is 20.7. The number of ether oxygens (including phenoxy) is 1. The summed E-state index contributed by atoms with van der Waals surface area (Å²) >= 11 is 0. The molecule has 1 aliphatic carbocycles. The summed E-state index contributed by atoms with van der Waals surface area (Å²) in [4.78, 5) is 0. The maximum Gasteiger partial charge on any atom is 0.119 e. The number of unbranched alkanes of at least 4 members (excludes halogenated alkanes) is 6. The van der Waals surface area contributed by atoms with Gasteiger partial charge >= 0.3 is 0 Å². The van der Waals surface area contributed by atoms with Crippen LogP contribution < -0.4 is 4.74 Å². The predicted molar refractivity (Wildman–Crippen MR) is 123 cm³/mol. The number of nitriles is 1. The van der Waals surface area contributed by atoms with Crippen LogP contribution in [0.15, 0.2) is 24.3 Å². The van der Waals surface area contributed by atoms with Crippen molar-refractivity contribution in [2.75, 3.05) is 6.61 Å². The molecule has 1 aromatic rings. The van der Waals surface area contributed by atoms with E-state index in [0.29, 0.717) is 5.92 Å². The molecule has 0 spiro atoms. The molecular formula is C27H43NO. The maximum absolute atomic E-state index is 9.75. The standard InChI is InChI=1S/C27H43NO/c1-3-5-7-8-9-10-20-29-27-18-14-24(15-19-27)21-26(22-28)25-16-12-23(13-17-25)11-6-4-2/h14-15,18-19,23,25-26H,3-13,16-17,20-21H2,1-2H3/t23-,25-,26?. The zero-order valence-corrected chi connectivity index (χ0v) is 19.0. The summed E-state index contributed by atoms with van der Waals surface area (Å²) in [5.74, 6) is 2.62. The van der Waals surface area contributed by atoms with E-state index in [2.05, 4.69) is 44.2 Å². The molecule has 1 unspecified atom stereocenters. The molecule has 1 fully saturated rings. The van der Waals surface area contributed by atoms with Gasteiger partial charge in [0.15, 0.2) is 0 Å². The lowest BCUT2D eigenvalue weighted by molar-refractivity contribution is 0.221. The normalized spacial score (nSPS) is 20.2. The summed E-state index contributed by atoms with van der Waals surface area (Å²) in [5.41, 5.74) is 1.27. The lowest BCUT2D eigenvalue weighted by Crippen LogP contribution is -2.22. The molecule has 0 bridgehead atoms. The minimum Gasteiger partial charge on any atom is -0.494 e. The molecular weight excluding hydrogens is 354 g/mol. The SMILES string of the molecule is CCCCCCCCOc1ccc(CC(C#N)[C@H]2CC[C@H](CCCC)CC2)cc1. The van der Waals surface area contributed by atoms with E-state index in [1.165, 1.54) is 82.6 Å². The minimum atomic E-state index is 0.164. The van der Waals surface area contributed by atoms with Crippen molar-refractivity contribution in [1.82, 2.24) is 0 Å². The van der Waals surface area contributed by atoms with Gasteiger partial charge in [-0.2, -0.15) is 5.26 Å². The van der Waals surface area contributed by atoms with Gasteiger partial charge in [0.05, 0.1) is 18.6 Å². The maximum atomic E-state index is 9.75. The Hall–Kier alpha value is -1.49. The first kappa shape index (κ1) is 23.8. The Balaban J connectivity index is 1.69. The smallest absolute Gasteiger partial charge is 0.119 e. The second kappa shape index (κ2) is 14.5. The second-order valence-electron chi connectivity index (χ2n) is 9.12. The van der Waals surface area contributed by atoms with E-state index in [-0.39, 0.29) is 5.92 Å². The van der Waals surface area contributed by atoms with Gasteiger partial charge in [0.2, 0.25) is 0 Å². The fourth-order valence-corrected chi connectivity index (χ4v) is 4.74. The van der Waals surface area contributed by atoms with E-state index in [9.17, 15) is 5.26 Å². The second-order valence-corrected chi connectivity index (χ2v) is 9.12. The van der Waals surface area contributed by atoms with Crippen LogP contribution in [-0.2, 0) is 6.42 Å². The first-order valence-corrected chi connectivity index (χ1v) is 12.4. The van der Waals surface area contributed by atoms with Crippen molar-refractivity contribution in [3.63, 3.8) is 0 Å². The van der Waals surface area contributed by atoms with Crippen LogP contribution in [0.4, 0.5) is 0 Å². The molecule has 2 heteroatoms. The molecule has 2 nitrogen and oxygen atoms in total. The monoisotopic (exact) mass is 397 g/mol. The minimum absolute atomic E-state index is 0.164. The van der Waals surface area contributed by atoms with Gasteiger partial charge in [-0.3, -0.25) is 0 Å². The van der Waals surface area contributed by atoms with Crippen LogP contribution in [0.5, 0.6) is 5.75 Å². The van der Waals surface area contributed by atoms with Gasteiger partial charge in [-0.25, -0.2) is 0 Å². The Kier molecular flexibility index (Phi) is 11.9. The first-order chi connectivity index (χ1) is 14.3. The van der Waals surface area contributed by atoms with Crippen LogP contribution in [0, 0.1) is 29.1 Å². The third kappa shape index (κ3) is 9.24. The fourth-order valence-electron chi connectivity index (χ4n) is 4.74. The Morgan fingerprint density at radius 2 is 1.55 bits per heavy atom. The number of hydrogen-bond acceptors (Lipinski definition) is 2. The van der Waals surface area contributed by atoms with Crippen molar-refractivity contribution in [1.29, 1.82) is 5.26 Å². The van der Waals surface area contributed by atoms with Crippen LogP contribution in [0.1, 0.15) is 103 Å². The average Bonchev–Trinajstić information content (AvgIpc) is 2.77. The van der Waals surface area contributed by atoms with E-state index in [1.54, 1.807) is 0 Å². The molecule has 162 valence electrons. The molecule has 1 aromatic carbocycles. The summed E-state index contributed by atoms with van der Waals surface area (Å²) in [6.45, 7) is 5.35. The van der Waals surface area contributed by atoms with Crippen molar-refractivity contribution in [3.05, 3.63) is 29.8 Å². The molecule has 0 N–H and O–H groups in total. The molecule has 29 heavy (non-hydrogen) atoms. The van der Waals surface area contributed by atoms with E-state index < -0.39 is 0 Å². The summed E-state index contributed by atoms with van der Waals surface area (Å²) in [7, 11) is 0. The fraction of sp³-hybridized carbons (Fsp3) is 0.741. The van der Waals surface area contributed by atoms with Crippen LogP contribution in [0.2, 0.25) is 0 Å². The lowest BCUT2D eigenvalue weighted by Gasteiger charge is -2.31. The number of benzene rings is 1. The molecule has 1 aliphatic rings. The number of nitrogens with zero attached hydrogens (tertiary/aromatic N) is 1. The van der Waals surface area contributed by atoms with E-state index >= 15 is 0 Å². The van der Waals surface area contributed by atoms with Crippen molar-refractivity contribution < 1.29 is 4.74 Å². The van der Waals surface area contributed by atoms with Crippen molar-refractivity contribution in [2.24, 2.45) is 17.8 Å². The van der Waals surface area contributed by atoms with Crippen molar-refractivity contribution >= 4 is 0 Å². The predicted octanol–water partition coefficient (Wildman–Crippen LogP) is 8.10. The highest BCUT2D eigenvalue weighted by atomic mass is 16.5. The highest BCUT2D eigenvalue weighted by molar-refractivity contribution is 5.28. The number of hydrogen-bond donors (Lipinski definition) is 0. The van der Waals surface area contributed by atoms with Crippen LogP contribution >= 0.6 is 0 Å². The summed E-state index contributed by atoms with van der Waals surface area (Å²) in [6, 6.07) is 11.1. The largest absolute Gasteiger partial charge is 0.494 e. The van der Waals surface area contributed by atoms with Crippen LogP contribution in [0.25, 0.3) is 0 Å². The zero-order valence-electron chi connectivity index (χ0n) is 19.0. The van der Waals surface area contributed by atoms with Crippen LogP contribution in [-0.4, -0.2) is 6.61 Å². The third-order valence-electron chi connectivity index (χ3n) is 6.74. The Bertz CT molecular complexity index is 565. The molecule has 2 rings (SSSR count). The molecule has 0 heterocycles. The van der Waals surface area contributed by atoms with Crippen LogP contribution in [0.3, 0.4) is 0 Å². The molecule has 1 saturated carbocycles.